The summed E-state index contributed by atoms with van der Waals surface area (Å²) < 4.78 is 27.0. The quantitative estimate of drug-likeness (QED) is 0.666. The molecule has 0 aliphatic rings. The average molecular weight is 329 g/mol. The number of nitrogens with one attached hydrogen (secondary N) is 1. The summed E-state index contributed by atoms with van der Waals surface area (Å²) in [7, 11) is -3.72. The minimum absolute atomic E-state index is 0.0100. The smallest absolute Gasteiger partial charge is 0.263 e. The summed E-state index contributed by atoms with van der Waals surface area (Å²) in [5, 5.41) is 0.394. The van der Waals surface area contributed by atoms with E-state index >= 15 is 0 Å². The molecule has 0 radical (unpaired) electrons. The van der Waals surface area contributed by atoms with E-state index in [1.807, 2.05) is 18.4 Å². The van der Waals surface area contributed by atoms with Crippen LogP contribution in [0.5, 0.6) is 0 Å². The first-order valence-corrected chi connectivity index (χ1v) is 8.73. The molecule has 3 N–H and O–H groups in total. The van der Waals surface area contributed by atoms with Gasteiger partial charge in [-0.2, -0.15) is 0 Å². The van der Waals surface area contributed by atoms with Crippen molar-refractivity contribution in [3.05, 3.63) is 47.5 Å². The minimum atomic E-state index is -3.72. The van der Waals surface area contributed by atoms with Crippen LogP contribution in [-0.4, -0.2) is 14.7 Å². The number of anilines is 2. The van der Waals surface area contributed by atoms with E-state index in [1.54, 1.807) is 23.9 Å². The Morgan fingerprint density at radius 3 is 2.35 bits per heavy atom. The van der Waals surface area contributed by atoms with E-state index in [4.69, 9.17) is 17.3 Å². The summed E-state index contributed by atoms with van der Waals surface area (Å²) in [6, 6.07) is 11.4. The van der Waals surface area contributed by atoms with Crippen LogP contribution in [0.2, 0.25) is 5.02 Å². The predicted octanol–water partition coefficient (Wildman–Crippen LogP) is 3.44. The number of nitrogens with two attached hydrogens (primary N) is 1. The van der Waals surface area contributed by atoms with Crippen molar-refractivity contribution in [3.63, 3.8) is 0 Å². The van der Waals surface area contributed by atoms with Crippen molar-refractivity contribution in [2.75, 3.05) is 16.7 Å². The third kappa shape index (κ3) is 3.39. The van der Waals surface area contributed by atoms with Gasteiger partial charge in [0.2, 0.25) is 0 Å². The SMILES string of the molecule is CSc1ccc(NS(=O)(=O)c2ccc(Cl)cc2N)cc1. The van der Waals surface area contributed by atoms with Crippen LogP contribution >= 0.6 is 23.4 Å². The van der Waals surface area contributed by atoms with E-state index in [9.17, 15) is 8.42 Å². The van der Waals surface area contributed by atoms with Gasteiger partial charge in [0.05, 0.1) is 5.69 Å². The summed E-state index contributed by atoms with van der Waals surface area (Å²) in [4.78, 5) is 1.06. The molecule has 0 fully saturated rings. The second-order valence-corrected chi connectivity index (χ2v) is 6.98. The summed E-state index contributed by atoms with van der Waals surface area (Å²) in [5.74, 6) is 0. The highest BCUT2D eigenvalue weighted by Crippen LogP contribution is 2.25. The largest absolute Gasteiger partial charge is 0.398 e. The van der Waals surface area contributed by atoms with Crippen LogP contribution in [0, 0.1) is 0 Å². The Hall–Kier alpha value is -1.37. The maximum Gasteiger partial charge on any atom is 0.263 e. The molecule has 0 heterocycles. The molecule has 0 bridgehead atoms. The van der Waals surface area contributed by atoms with Crippen LogP contribution in [0.25, 0.3) is 0 Å². The van der Waals surface area contributed by atoms with Crippen LogP contribution in [-0.2, 0) is 10.0 Å². The van der Waals surface area contributed by atoms with Gasteiger partial charge in [0.15, 0.2) is 0 Å². The van der Waals surface area contributed by atoms with Crippen LogP contribution < -0.4 is 10.5 Å². The first-order valence-electron chi connectivity index (χ1n) is 5.64. The molecule has 0 unspecified atom stereocenters. The molecule has 20 heavy (non-hydrogen) atoms. The van der Waals surface area contributed by atoms with E-state index in [0.717, 1.165) is 4.90 Å². The molecule has 4 nitrogen and oxygen atoms in total. The van der Waals surface area contributed by atoms with Gasteiger partial charge in [-0.3, -0.25) is 4.72 Å². The fourth-order valence-electron chi connectivity index (χ4n) is 1.63. The van der Waals surface area contributed by atoms with E-state index in [1.165, 1.54) is 18.2 Å². The van der Waals surface area contributed by atoms with Crippen LogP contribution in [0.3, 0.4) is 0 Å². The molecule has 0 amide bonds. The molecule has 2 aromatic carbocycles. The third-order valence-corrected chi connectivity index (χ3v) is 5.04. The van der Waals surface area contributed by atoms with Gasteiger partial charge in [0.1, 0.15) is 4.90 Å². The Morgan fingerprint density at radius 2 is 1.80 bits per heavy atom. The van der Waals surface area contributed by atoms with E-state index in [2.05, 4.69) is 4.72 Å². The summed E-state index contributed by atoms with van der Waals surface area (Å²) >= 11 is 7.35. The number of thioether (sulfide) groups is 1. The number of benzene rings is 2. The molecular formula is C13H13ClN2O2S2. The number of halogens is 1. The standard InChI is InChI=1S/C13H13ClN2O2S2/c1-19-11-5-3-10(4-6-11)16-20(17,18)13-7-2-9(14)8-12(13)15/h2-8,16H,15H2,1H3. The van der Waals surface area contributed by atoms with Crippen molar-refractivity contribution >= 4 is 44.8 Å². The molecular weight excluding hydrogens is 316 g/mol. The molecule has 0 spiro atoms. The number of hydrogen-bond acceptors (Lipinski definition) is 4. The lowest BCUT2D eigenvalue weighted by molar-refractivity contribution is 0.601. The summed E-state index contributed by atoms with van der Waals surface area (Å²) in [6.45, 7) is 0. The molecule has 0 atom stereocenters. The summed E-state index contributed by atoms with van der Waals surface area (Å²) in [5.41, 5.74) is 6.30. The third-order valence-electron chi connectivity index (χ3n) is 2.60. The molecule has 7 heteroatoms. The van der Waals surface area contributed by atoms with E-state index < -0.39 is 10.0 Å². The number of hydrogen-bond donors (Lipinski definition) is 2. The Bertz CT molecular complexity index is 716. The average Bonchev–Trinajstić information content (AvgIpc) is 2.38. The molecule has 2 aromatic rings. The fraction of sp³-hybridized carbons (Fsp3) is 0.0769. The van der Waals surface area contributed by atoms with Gasteiger partial charge in [-0.25, -0.2) is 8.42 Å². The first-order chi connectivity index (χ1) is 9.42. The maximum absolute atomic E-state index is 12.2. The number of rotatable bonds is 4. The lowest BCUT2D eigenvalue weighted by Gasteiger charge is -2.10. The van der Waals surface area contributed by atoms with Gasteiger partial charge in [-0.15, -0.1) is 11.8 Å². The number of sulfonamides is 1. The van der Waals surface area contributed by atoms with Crippen molar-refractivity contribution in [2.45, 2.75) is 9.79 Å². The van der Waals surface area contributed by atoms with E-state index in [-0.39, 0.29) is 10.6 Å². The van der Waals surface area contributed by atoms with Crippen LogP contribution in [0.15, 0.2) is 52.3 Å². The van der Waals surface area contributed by atoms with Gasteiger partial charge in [0, 0.05) is 15.6 Å². The van der Waals surface area contributed by atoms with E-state index in [0.29, 0.717) is 10.7 Å². The second-order valence-electron chi connectivity index (χ2n) is 4.02. The lowest BCUT2D eigenvalue weighted by atomic mass is 10.3. The van der Waals surface area contributed by atoms with Crippen molar-refractivity contribution in [2.24, 2.45) is 0 Å². The van der Waals surface area contributed by atoms with Crippen molar-refractivity contribution < 1.29 is 8.42 Å². The zero-order valence-electron chi connectivity index (χ0n) is 10.6. The van der Waals surface area contributed by atoms with Gasteiger partial charge in [-0.05, 0) is 48.7 Å². The Morgan fingerprint density at radius 1 is 1.15 bits per heavy atom. The van der Waals surface area contributed by atoms with Crippen molar-refractivity contribution in [3.8, 4) is 0 Å². The van der Waals surface area contributed by atoms with Crippen LogP contribution in [0.4, 0.5) is 11.4 Å². The van der Waals surface area contributed by atoms with Gasteiger partial charge < -0.3 is 5.73 Å². The van der Waals surface area contributed by atoms with Crippen molar-refractivity contribution in [1.29, 1.82) is 0 Å². The zero-order valence-corrected chi connectivity index (χ0v) is 13.0. The van der Waals surface area contributed by atoms with Gasteiger partial charge in [0.25, 0.3) is 10.0 Å². The predicted molar refractivity (Wildman–Crippen MR) is 84.9 cm³/mol. The molecule has 0 aliphatic carbocycles. The maximum atomic E-state index is 12.2. The molecule has 2 rings (SSSR count). The minimum Gasteiger partial charge on any atom is -0.398 e. The Kier molecular flexibility index (Phi) is 4.47. The summed E-state index contributed by atoms with van der Waals surface area (Å²) in [6.07, 6.45) is 1.95. The lowest BCUT2D eigenvalue weighted by Crippen LogP contribution is -2.14. The Labute approximate surface area is 127 Å². The molecule has 0 saturated carbocycles. The van der Waals surface area contributed by atoms with Crippen molar-refractivity contribution in [1.82, 2.24) is 0 Å². The first kappa shape index (κ1) is 15.0. The topological polar surface area (TPSA) is 72.2 Å². The molecule has 0 aromatic heterocycles. The molecule has 106 valence electrons. The van der Waals surface area contributed by atoms with Crippen LogP contribution in [0.1, 0.15) is 0 Å². The highest BCUT2D eigenvalue weighted by Gasteiger charge is 2.17. The highest BCUT2D eigenvalue weighted by molar-refractivity contribution is 7.98. The second kappa shape index (κ2) is 5.95. The normalized spacial score (nSPS) is 11.3. The highest BCUT2D eigenvalue weighted by atomic mass is 35.5. The monoisotopic (exact) mass is 328 g/mol. The molecule has 0 saturated heterocycles. The van der Waals surface area contributed by atoms with Gasteiger partial charge in [-0.1, -0.05) is 11.6 Å². The fourth-order valence-corrected chi connectivity index (χ4v) is 3.39. The molecule has 0 aliphatic heterocycles. The zero-order chi connectivity index (χ0) is 14.8. The van der Waals surface area contributed by atoms with Gasteiger partial charge >= 0.3 is 0 Å². The number of nitrogen functional groups attached to an aromatic ring is 1. The Balaban J connectivity index is 2.30.